The van der Waals surface area contributed by atoms with Crippen molar-refractivity contribution in [2.24, 2.45) is 0 Å². The van der Waals surface area contributed by atoms with Crippen molar-refractivity contribution in [2.45, 2.75) is 32.7 Å². The first-order valence-corrected chi connectivity index (χ1v) is 6.82. The summed E-state index contributed by atoms with van der Waals surface area (Å²) >= 11 is 0. The van der Waals surface area contributed by atoms with Crippen LogP contribution in [0.1, 0.15) is 40.7 Å². The molecule has 6 heteroatoms. The van der Waals surface area contributed by atoms with Crippen LogP contribution in [0.3, 0.4) is 0 Å². The van der Waals surface area contributed by atoms with Gasteiger partial charge in [-0.2, -0.15) is 0 Å². The molecule has 0 saturated carbocycles. The number of rotatable bonds is 4. The zero-order chi connectivity index (χ0) is 13.9. The zero-order valence-corrected chi connectivity index (χ0v) is 11.4. The summed E-state index contributed by atoms with van der Waals surface area (Å²) in [5.74, 6) is -0.342. The van der Waals surface area contributed by atoms with Crippen LogP contribution in [0.2, 0.25) is 0 Å². The Balaban J connectivity index is 1.81. The normalized spacial score (nSPS) is 13.2. The molecule has 2 aromatic rings. The van der Waals surface area contributed by atoms with Gasteiger partial charge in [0.15, 0.2) is 0 Å². The third-order valence-electron chi connectivity index (χ3n) is 3.49. The van der Waals surface area contributed by atoms with Crippen LogP contribution in [-0.4, -0.2) is 32.8 Å². The Bertz CT molecular complexity index is 636. The van der Waals surface area contributed by atoms with Crippen molar-refractivity contribution >= 4 is 5.97 Å². The number of ether oxygens (including phenoxy) is 1. The fraction of sp³-hybridized carbons (Fsp3) is 0.429. The van der Waals surface area contributed by atoms with Crippen molar-refractivity contribution < 1.29 is 9.53 Å². The van der Waals surface area contributed by atoms with E-state index in [2.05, 4.69) is 33.7 Å². The minimum atomic E-state index is -0.487. The first-order valence-electron chi connectivity index (χ1n) is 6.82. The smallest absolute Gasteiger partial charge is 0.378 e. The van der Waals surface area contributed by atoms with Gasteiger partial charge in [-0.25, -0.2) is 9.48 Å². The Morgan fingerprint density at radius 1 is 1.35 bits per heavy atom. The van der Waals surface area contributed by atoms with Crippen LogP contribution >= 0.6 is 0 Å². The van der Waals surface area contributed by atoms with Gasteiger partial charge in [-0.15, -0.1) is 5.10 Å². The molecule has 104 valence electrons. The van der Waals surface area contributed by atoms with Crippen molar-refractivity contribution in [1.29, 1.82) is 0 Å². The monoisotopic (exact) mass is 272 g/mol. The number of nitrogens with zero attached hydrogens (tertiary/aromatic N) is 4. The van der Waals surface area contributed by atoms with E-state index in [1.54, 1.807) is 6.92 Å². The first-order chi connectivity index (χ1) is 9.78. The van der Waals surface area contributed by atoms with E-state index in [-0.39, 0.29) is 5.82 Å². The van der Waals surface area contributed by atoms with Gasteiger partial charge >= 0.3 is 5.97 Å². The maximum Gasteiger partial charge on any atom is 0.378 e. The summed E-state index contributed by atoms with van der Waals surface area (Å²) in [4.78, 5) is 11.7. The van der Waals surface area contributed by atoms with Gasteiger partial charge in [-0.3, -0.25) is 0 Å². The van der Waals surface area contributed by atoms with Crippen LogP contribution in [0.15, 0.2) is 18.2 Å². The molecule has 1 aromatic carbocycles. The molecule has 0 amide bonds. The van der Waals surface area contributed by atoms with Crippen molar-refractivity contribution in [3.63, 3.8) is 0 Å². The molecule has 1 aromatic heterocycles. The maximum atomic E-state index is 11.7. The molecule has 20 heavy (non-hydrogen) atoms. The van der Waals surface area contributed by atoms with Gasteiger partial charge in [0, 0.05) is 0 Å². The zero-order valence-electron chi connectivity index (χ0n) is 11.4. The topological polar surface area (TPSA) is 69.9 Å². The minimum Gasteiger partial charge on any atom is -0.460 e. The Hall–Kier alpha value is -2.24. The fourth-order valence-corrected chi connectivity index (χ4v) is 2.55. The third kappa shape index (κ3) is 2.41. The van der Waals surface area contributed by atoms with Crippen molar-refractivity contribution in [1.82, 2.24) is 20.2 Å². The number of carbonyl (C=O) groups excluding carboxylic acids is 1. The first kappa shape index (κ1) is 12.8. The van der Waals surface area contributed by atoms with Gasteiger partial charge in [-0.05, 0) is 53.3 Å². The van der Waals surface area contributed by atoms with Gasteiger partial charge in [0.05, 0.1) is 13.2 Å². The summed E-state index contributed by atoms with van der Waals surface area (Å²) in [6, 6.07) is 6.41. The van der Waals surface area contributed by atoms with E-state index in [0.29, 0.717) is 13.2 Å². The SMILES string of the molecule is CCOC(=O)c1nnnn1Cc1ccc2c(c1)CCC2. The fourth-order valence-electron chi connectivity index (χ4n) is 2.55. The van der Waals surface area contributed by atoms with E-state index in [1.165, 1.54) is 22.2 Å². The highest BCUT2D eigenvalue weighted by Crippen LogP contribution is 2.23. The molecule has 0 fully saturated rings. The maximum absolute atomic E-state index is 11.7. The lowest BCUT2D eigenvalue weighted by atomic mass is 10.1. The molecular weight excluding hydrogens is 256 g/mol. The third-order valence-corrected chi connectivity index (χ3v) is 3.49. The highest BCUT2D eigenvalue weighted by Gasteiger charge is 2.17. The van der Waals surface area contributed by atoms with Crippen molar-refractivity contribution in [2.75, 3.05) is 6.61 Å². The van der Waals surface area contributed by atoms with E-state index >= 15 is 0 Å². The number of hydrogen-bond acceptors (Lipinski definition) is 5. The second kappa shape index (κ2) is 5.40. The van der Waals surface area contributed by atoms with Crippen LogP contribution < -0.4 is 0 Å². The molecule has 0 aliphatic heterocycles. The van der Waals surface area contributed by atoms with Crippen molar-refractivity contribution in [3.8, 4) is 0 Å². The number of esters is 1. The molecular formula is C14H16N4O2. The molecule has 1 heterocycles. The minimum absolute atomic E-state index is 0.146. The van der Waals surface area contributed by atoms with E-state index in [1.807, 2.05) is 0 Å². The van der Waals surface area contributed by atoms with E-state index < -0.39 is 5.97 Å². The second-order valence-corrected chi connectivity index (χ2v) is 4.84. The predicted molar refractivity (Wildman–Crippen MR) is 71.3 cm³/mol. The Labute approximate surface area is 116 Å². The Morgan fingerprint density at radius 2 is 2.20 bits per heavy atom. The predicted octanol–water partition coefficient (Wildman–Crippen LogP) is 1.39. The number of tetrazole rings is 1. The summed E-state index contributed by atoms with van der Waals surface area (Å²) in [5.41, 5.74) is 3.92. The van der Waals surface area contributed by atoms with E-state index in [0.717, 1.165) is 18.4 Å². The van der Waals surface area contributed by atoms with Crippen LogP contribution in [0.4, 0.5) is 0 Å². The number of benzene rings is 1. The molecule has 3 rings (SSSR count). The van der Waals surface area contributed by atoms with Gasteiger partial charge in [0.25, 0.3) is 5.82 Å². The van der Waals surface area contributed by atoms with Gasteiger partial charge in [0.2, 0.25) is 0 Å². The van der Waals surface area contributed by atoms with Crippen molar-refractivity contribution in [3.05, 3.63) is 40.7 Å². The lowest BCUT2D eigenvalue weighted by Gasteiger charge is -2.06. The van der Waals surface area contributed by atoms with Gasteiger partial charge in [-0.1, -0.05) is 18.2 Å². The molecule has 1 aliphatic rings. The lowest BCUT2D eigenvalue weighted by Crippen LogP contribution is -2.15. The summed E-state index contributed by atoms with van der Waals surface area (Å²) < 4.78 is 6.42. The highest BCUT2D eigenvalue weighted by molar-refractivity contribution is 5.85. The summed E-state index contributed by atoms with van der Waals surface area (Å²) in [6.45, 7) is 2.55. The molecule has 1 aliphatic carbocycles. The number of carbonyl (C=O) groups is 1. The van der Waals surface area contributed by atoms with Gasteiger partial charge in [0.1, 0.15) is 0 Å². The average Bonchev–Trinajstić information content (AvgIpc) is 3.07. The molecule has 0 unspecified atom stereocenters. The number of fused-ring (bicyclic) bond motifs is 1. The largest absolute Gasteiger partial charge is 0.460 e. The summed E-state index contributed by atoms with van der Waals surface area (Å²) in [7, 11) is 0. The Morgan fingerprint density at radius 3 is 3.05 bits per heavy atom. The van der Waals surface area contributed by atoms with Crippen LogP contribution in [0.5, 0.6) is 0 Å². The molecule has 0 bridgehead atoms. The quantitative estimate of drug-likeness (QED) is 0.787. The molecule has 0 N–H and O–H groups in total. The molecule has 0 saturated heterocycles. The standard InChI is InChI=1S/C14H16N4O2/c1-2-20-14(19)13-15-16-17-18(13)9-10-6-7-11-4-3-5-12(11)8-10/h6-8H,2-5,9H2,1H3. The lowest BCUT2D eigenvalue weighted by molar-refractivity contribution is 0.0505. The van der Waals surface area contributed by atoms with Gasteiger partial charge < -0.3 is 4.74 Å². The molecule has 0 atom stereocenters. The molecule has 0 spiro atoms. The van der Waals surface area contributed by atoms with Crippen LogP contribution in [0, 0.1) is 0 Å². The highest BCUT2D eigenvalue weighted by atomic mass is 16.5. The van der Waals surface area contributed by atoms with Crippen LogP contribution in [-0.2, 0) is 24.1 Å². The second-order valence-electron chi connectivity index (χ2n) is 4.84. The number of aryl methyl sites for hydroxylation is 2. The van der Waals surface area contributed by atoms with E-state index in [4.69, 9.17) is 4.74 Å². The van der Waals surface area contributed by atoms with E-state index in [9.17, 15) is 4.79 Å². The summed E-state index contributed by atoms with van der Waals surface area (Å²) in [6.07, 6.45) is 3.51. The summed E-state index contributed by atoms with van der Waals surface area (Å²) in [5, 5.41) is 11.1. The Kier molecular flexibility index (Phi) is 3.45. The number of hydrogen-bond donors (Lipinski definition) is 0. The molecule has 6 nitrogen and oxygen atoms in total. The van der Waals surface area contributed by atoms with Crippen LogP contribution in [0.25, 0.3) is 0 Å². The number of aromatic nitrogens is 4. The molecule has 0 radical (unpaired) electrons. The average molecular weight is 272 g/mol.